The molecule has 3 rings (SSSR count). The van der Waals surface area contributed by atoms with Crippen molar-refractivity contribution in [1.82, 2.24) is 19.1 Å². The van der Waals surface area contributed by atoms with E-state index in [4.69, 9.17) is 30.7 Å². The number of hydrogen-bond acceptors (Lipinski definition) is 9. The minimum absolute atomic E-state index is 0.106. The molecule has 0 aliphatic carbocycles. The van der Waals surface area contributed by atoms with E-state index in [2.05, 4.69) is 9.97 Å². The zero-order valence-electron chi connectivity index (χ0n) is 16.0. The molecule has 29 heavy (non-hydrogen) atoms. The lowest BCUT2D eigenvalue weighted by molar-refractivity contribution is -0.00908. The standard InChI is InChI=1S/C16H21N4O7PS/c1-10-7-20(15(22)18-14(10)21)13-6-11(27-16(29)19-5-4-17-9-19)12(26-13)8-28(23,24-2)25-3/h4-5,7,9,11-13H,6,8H2,1-3H3,(H,18,21,22)/t11-,12-,13-/m1/s1. The Kier molecular flexibility index (Phi) is 6.49. The van der Waals surface area contributed by atoms with Gasteiger partial charge in [-0.3, -0.25) is 23.5 Å². The molecule has 0 saturated carbocycles. The Morgan fingerprint density at radius 1 is 1.41 bits per heavy atom. The molecule has 1 fully saturated rings. The molecule has 3 atom stereocenters. The molecule has 0 unspecified atom stereocenters. The molecule has 2 aromatic heterocycles. The molecule has 3 heterocycles. The molecule has 0 radical (unpaired) electrons. The van der Waals surface area contributed by atoms with E-state index < -0.39 is 37.3 Å². The van der Waals surface area contributed by atoms with Gasteiger partial charge in [-0.2, -0.15) is 0 Å². The monoisotopic (exact) mass is 444 g/mol. The van der Waals surface area contributed by atoms with Crippen molar-refractivity contribution in [2.45, 2.75) is 31.8 Å². The number of H-pyrrole nitrogens is 1. The van der Waals surface area contributed by atoms with Crippen molar-refractivity contribution >= 4 is 25.0 Å². The molecular formula is C16H21N4O7PS. The van der Waals surface area contributed by atoms with Crippen molar-refractivity contribution in [2.75, 3.05) is 20.4 Å². The van der Waals surface area contributed by atoms with Crippen molar-refractivity contribution in [2.24, 2.45) is 0 Å². The predicted molar refractivity (Wildman–Crippen MR) is 106 cm³/mol. The third kappa shape index (κ3) is 4.73. The fourth-order valence-electron chi connectivity index (χ4n) is 2.96. The van der Waals surface area contributed by atoms with Gasteiger partial charge in [-0.15, -0.1) is 0 Å². The second kappa shape index (κ2) is 8.72. The van der Waals surface area contributed by atoms with Crippen LogP contribution in [0.2, 0.25) is 0 Å². The Morgan fingerprint density at radius 2 is 2.14 bits per heavy atom. The second-order valence-electron chi connectivity index (χ2n) is 6.39. The first kappa shape index (κ1) is 21.6. The quantitative estimate of drug-likeness (QED) is 0.513. The van der Waals surface area contributed by atoms with Gasteiger partial charge in [-0.25, -0.2) is 9.78 Å². The van der Waals surface area contributed by atoms with Crippen LogP contribution in [0.5, 0.6) is 0 Å². The van der Waals surface area contributed by atoms with Crippen LogP contribution in [0.25, 0.3) is 0 Å². The molecule has 0 spiro atoms. The first-order valence-electron chi connectivity index (χ1n) is 8.63. The van der Waals surface area contributed by atoms with E-state index in [0.29, 0.717) is 5.56 Å². The lowest BCUT2D eigenvalue weighted by Crippen LogP contribution is -2.33. The fourth-order valence-corrected chi connectivity index (χ4v) is 4.40. The molecule has 1 saturated heterocycles. The van der Waals surface area contributed by atoms with E-state index in [0.717, 1.165) is 0 Å². The van der Waals surface area contributed by atoms with Crippen molar-refractivity contribution in [3.63, 3.8) is 0 Å². The third-order valence-corrected chi connectivity index (χ3v) is 6.79. The minimum Gasteiger partial charge on any atom is -0.464 e. The number of aromatic nitrogens is 4. The van der Waals surface area contributed by atoms with Gasteiger partial charge in [0.2, 0.25) is 0 Å². The van der Waals surface area contributed by atoms with Crippen molar-refractivity contribution in [1.29, 1.82) is 0 Å². The van der Waals surface area contributed by atoms with Crippen LogP contribution >= 0.6 is 19.8 Å². The molecule has 1 aliphatic rings. The molecule has 1 N–H and O–H groups in total. The number of rotatable bonds is 6. The number of nitrogens with one attached hydrogen (secondary N) is 1. The topological polar surface area (TPSA) is 127 Å². The Labute approximate surface area is 171 Å². The number of hydrogen-bond donors (Lipinski definition) is 1. The van der Waals surface area contributed by atoms with Crippen molar-refractivity contribution < 1.29 is 23.1 Å². The van der Waals surface area contributed by atoms with Crippen molar-refractivity contribution in [3.8, 4) is 0 Å². The van der Waals surface area contributed by atoms with Crippen LogP contribution < -0.4 is 11.2 Å². The van der Waals surface area contributed by atoms with E-state index in [1.54, 1.807) is 19.3 Å². The molecule has 0 bridgehead atoms. The summed E-state index contributed by atoms with van der Waals surface area (Å²) in [5, 5.41) is 0.122. The first-order valence-corrected chi connectivity index (χ1v) is 10.8. The SMILES string of the molecule is COP(=O)(C[C@H]1O[C@@H](n2cc(C)c(=O)[nH]c2=O)C[C@H]1OC(=S)n1ccnc1)OC. The number of ether oxygens (including phenoxy) is 2. The zero-order chi connectivity index (χ0) is 21.2. The van der Waals surface area contributed by atoms with E-state index in [1.807, 2.05) is 0 Å². The first-order chi connectivity index (χ1) is 13.8. The van der Waals surface area contributed by atoms with Gasteiger partial charge in [0.25, 0.3) is 10.7 Å². The van der Waals surface area contributed by atoms with Gasteiger partial charge in [0.15, 0.2) is 0 Å². The zero-order valence-corrected chi connectivity index (χ0v) is 17.7. The van der Waals surface area contributed by atoms with Crippen LogP contribution in [0, 0.1) is 6.92 Å². The van der Waals surface area contributed by atoms with E-state index >= 15 is 0 Å². The molecule has 13 heteroatoms. The normalized spacial score (nSPS) is 22.0. The largest absolute Gasteiger partial charge is 0.464 e. The average Bonchev–Trinajstić information content (AvgIpc) is 3.35. The summed E-state index contributed by atoms with van der Waals surface area (Å²) in [6.07, 6.45) is 4.02. The molecule has 0 aromatic carbocycles. The molecular weight excluding hydrogens is 423 g/mol. The van der Waals surface area contributed by atoms with Crippen LogP contribution in [0.3, 0.4) is 0 Å². The van der Waals surface area contributed by atoms with Crippen LogP contribution in [0.4, 0.5) is 0 Å². The molecule has 158 valence electrons. The molecule has 11 nitrogen and oxygen atoms in total. The summed E-state index contributed by atoms with van der Waals surface area (Å²) in [5.41, 5.74) is -0.746. The van der Waals surface area contributed by atoms with Crippen LogP contribution in [0.1, 0.15) is 18.2 Å². The van der Waals surface area contributed by atoms with Crippen LogP contribution in [0.15, 0.2) is 34.5 Å². The number of aromatic amines is 1. The Hall–Kier alpha value is -2.11. The minimum atomic E-state index is -3.43. The highest BCUT2D eigenvalue weighted by Gasteiger charge is 2.43. The van der Waals surface area contributed by atoms with Gasteiger partial charge in [0, 0.05) is 44.8 Å². The summed E-state index contributed by atoms with van der Waals surface area (Å²) < 4.78 is 37.2. The van der Waals surface area contributed by atoms with Gasteiger partial charge >= 0.3 is 13.3 Å². The predicted octanol–water partition coefficient (Wildman–Crippen LogP) is 1.03. The summed E-state index contributed by atoms with van der Waals surface area (Å²) in [4.78, 5) is 30.0. The summed E-state index contributed by atoms with van der Waals surface area (Å²) in [6, 6.07) is 0. The Bertz CT molecular complexity index is 1030. The maximum absolute atomic E-state index is 12.6. The fraction of sp³-hybridized carbons (Fsp3) is 0.500. The van der Waals surface area contributed by atoms with E-state index in [9.17, 15) is 14.2 Å². The summed E-state index contributed by atoms with van der Waals surface area (Å²) in [7, 11) is -0.878. The lowest BCUT2D eigenvalue weighted by Gasteiger charge is -2.23. The van der Waals surface area contributed by atoms with Crippen molar-refractivity contribution in [3.05, 3.63) is 51.3 Å². The maximum Gasteiger partial charge on any atom is 0.332 e. The number of thiocarbonyl (C=S) groups is 1. The second-order valence-corrected chi connectivity index (χ2v) is 9.06. The number of nitrogens with zero attached hydrogens (tertiary/aromatic N) is 3. The van der Waals surface area contributed by atoms with Gasteiger partial charge in [0.05, 0.1) is 6.16 Å². The van der Waals surface area contributed by atoms with E-state index in [-0.39, 0.29) is 17.8 Å². The van der Waals surface area contributed by atoms with Gasteiger partial charge in [-0.1, -0.05) is 0 Å². The highest BCUT2D eigenvalue weighted by molar-refractivity contribution is 7.80. The van der Waals surface area contributed by atoms with Crippen LogP contribution in [-0.2, 0) is 23.1 Å². The molecule has 2 aromatic rings. The smallest absolute Gasteiger partial charge is 0.332 e. The van der Waals surface area contributed by atoms with E-state index in [1.165, 1.54) is 35.9 Å². The van der Waals surface area contributed by atoms with Gasteiger partial charge in [-0.05, 0) is 19.1 Å². The lowest BCUT2D eigenvalue weighted by atomic mass is 10.2. The Balaban J connectivity index is 1.88. The summed E-state index contributed by atoms with van der Waals surface area (Å²) >= 11 is 5.28. The average molecular weight is 444 g/mol. The molecule has 0 amide bonds. The highest BCUT2D eigenvalue weighted by Crippen LogP contribution is 2.49. The Morgan fingerprint density at radius 3 is 2.76 bits per heavy atom. The van der Waals surface area contributed by atoms with Gasteiger partial charge < -0.3 is 18.5 Å². The van der Waals surface area contributed by atoms with Crippen LogP contribution in [-0.4, -0.2) is 56.9 Å². The third-order valence-electron chi connectivity index (χ3n) is 4.56. The summed E-state index contributed by atoms with van der Waals surface area (Å²) in [6.45, 7) is 1.58. The maximum atomic E-state index is 12.6. The highest BCUT2D eigenvalue weighted by atomic mass is 32.1. The van der Waals surface area contributed by atoms with Gasteiger partial charge in [0.1, 0.15) is 24.8 Å². The number of imidazole rings is 1. The molecule has 1 aliphatic heterocycles. The number of aryl methyl sites for hydroxylation is 1. The summed E-state index contributed by atoms with van der Waals surface area (Å²) in [5.74, 6) is 0.